The van der Waals surface area contributed by atoms with E-state index in [2.05, 4.69) is 4.90 Å². The van der Waals surface area contributed by atoms with Gasteiger partial charge in [0, 0.05) is 36.2 Å². The van der Waals surface area contributed by atoms with Crippen molar-refractivity contribution in [3.63, 3.8) is 0 Å². The van der Waals surface area contributed by atoms with Crippen molar-refractivity contribution in [2.75, 3.05) is 25.6 Å². The number of nitrogens with zero attached hydrogens (tertiary/aromatic N) is 1. The standard InChI is InChI=1S/C30H30ClNO7S2/c1-19-14-25(21-6-4-7-23(15-21)41(3,37)38)26(31)16-24(19)27-28(33)30(39-29(27)34)12-5-13-32(18-30)17-20-8-10-22(11-9-20)40(2,35)36/h4,6-11,14-16,33H,5,12-13,17-18H2,1-3H3. The van der Waals surface area contributed by atoms with E-state index in [1.807, 2.05) is 0 Å². The third-order valence-corrected chi connectivity index (χ3v) is 10.2. The zero-order valence-corrected chi connectivity index (χ0v) is 25.2. The first-order valence-electron chi connectivity index (χ1n) is 13.0. The Hall–Kier alpha value is -3.18. The zero-order valence-electron chi connectivity index (χ0n) is 22.8. The van der Waals surface area contributed by atoms with Crippen LogP contribution in [-0.4, -0.2) is 64.0 Å². The molecule has 3 aromatic rings. The molecule has 2 aliphatic rings. The summed E-state index contributed by atoms with van der Waals surface area (Å²) in [6.45, 7) is 3.30. The predicted molar refractivity (Wildman–Crippen MR) is 157 cm³/mol. The third kappa shape index (κ3) is 5.79. The SMILES string of the molecule is Cc1cc(-c2cccc(S(C)(=O)=O)c2)c(Cl)cc1C1=C(O)C2(CCCN(Cc3ccc(S(C)(=O)=O)cc3)C2)OC1=O. The number of hydrogen-bond acceptors (Lipinski definition) is 8. The summed E-state index contributed by atoms with van der Waals surface area (Å²) in [7, 11) is -6.71. The molecule has 8 nitrogen and oxygen atoms in total. The second-order valence-electron chi connectivity index (χ2n) is 10.8. The topological polar surface area (TPSA) is 118 Å². The Morgan fingerprint density at radius 3 is 2.29 bits per heavy atom. The van der Waals surface area contributed by atoms with Gasteiger partial charge in [-0.15, -0.1) is 0 Å². The molecule has 41 heavy (non-hydrogen) atoms. The van der Waals surface area contributed by atoms with Crippen molar-refractivity contribution in [1.29, 1.82) is 0 Å². The molecule has 2 aliphatic heterocycles. The van der Waals surface area contributed by atoms with E-state index in [9.17, 15) is 26.7 Å². The maximum absolute atomic E-state index is 13.2. The van der Waals surface area contributed by atoms with Crippen LogP contribution in [-0.2, 0) is 35.8 Å². The fourth-order valence-corrected chi connectivity index (χ4v) is 7.09. The van der Waals surface area contributed by atoms with E-state index in [1.54, 1.807) is 61.5 Å². The van der Waals surface area contributed by atoms with Gasteiger partial charge >= 0.3 is 5.97 Å². The average molecular weight is 616 g/mol. The molecule has 1 fully saturated rings. The molecule has 0 aliphatic carbocycles. The Kier molecular flexibility index (Phi) is 7.57. The number of hydrogen-bond donors (Lipinski definition) is 1. The summed E-state index contributed by atoms with van der Waals surface area (Å²) in [6, 6.07) is 16.5. The maximum Gasteiger partial charge on any atom is 0.343 e. The lowest BCUT2D eigenvalue weighted by Gasteiger charge is -2.39. The first-order valence-corrected chi connectivity index (χ1v) is 17.1. The number of aliphatic hydroxyl groups excluding tert-OH is 1. The summed E-state index contributed by atoms with van der Waals surface area (Å²) < 4.78 is 53.5. The lowest BCUT2D eigenvalue weighted by molar-refractivity contribution is -0.151. The van der Waals surface area contributed by atoms with E-state index in [0.717, 1.165) is 24.6 Å². The largest absolute Gasteiger partial charge is 0.507 e. The fourth-order valence-electron chi connectivity index (χ4n) is 5.52. The van der Waals surface area contributed by atoms with Crippen LogP contribution < -0.4 is 0 Å². The van der Waals surface area contributed by atoms with Gasteiger partial charge in [0.05, 0.1) is 9.79 Å². The van der Waals surface area contributed by atoms with E-state index < -0.39 is 31.2 Å². The Morgan fingerprint density at radius 2 is 1.63 bits per heavy atom. The minimum Gasteiger partial charge on any atom is -0.507 e. The van der Waals surface area contributed by atoms with Crippen molar-refractivity contribution >= 4 is 42.8 Å². The highest BCUT2D eigenvalue weighted by Crippen LogP contribution is 2.44. The molecule has 3 aromatic carbocycles. The van der Waals surface area contributed by atoms with Gasteiger partial charge in [0.1, 0.15) is 5.57 Å². The van der Waals surface area contributed by atoms with Crippen molar-refractivity contribution in [2.45, 2.75) is 41.7 Å². The molecule has 5 rings (SSSR count). The molecule has 0 radical (unpaired) electrons. The number of aliphatic hydroxyl groups is 1. The fraction of sp³-hybridized carbons (Fsp3) is 0.300. The Balaban J connectivity index is 1.44. The number of rotatable bonds is 6. The summed E-state index contributed by atoms with van der Waals surface area (Å²) in [4.78, 5) is 15.7. The zero-order chi connectivity index (χ0) is 29.7. The van der Waals surface area contributed by atoms with Gasteiger partial charge in [-0.05, 0) is 85.0 Å². The normalized spacial score (nSPS) is 20.0. The van der Waals surface area contributed by atoms with E-state index >= 15 is 0 Å². The summed E-state index contributed by atoms with van der Waals surface area (Å²) in [5, 5.41) is 11.8. The van der Waals surface area contributed by atoms with Gasteiger partial charge in [0.15, 0.2) is 31.0 Å². The lowest BCUT2D eigenvalue weighted by atomic mass is 9.87. The van der Waals surface area contributed by atoms with E-state index in [-0.39, 0.29) is 27.7 Å². The molecule has 0 saturated carbocycles. The number of ether oxygens (including phenoxy) is 1. The number of halogens is 1. The molecule has 1 spiro atoms. The van der Waals surface area contributed by atoms with Crippen LogP contribution in [0.2, 0.25) is 5.02 Å². The molecule has 1 N–H and O–H groups in total. The molecule has 0 bridgehead atoms. The highest BCUT2D eigenvalue weighted by molar-refractivity contribution is 7.91. The van der Waals surface area contributed by atoms with E-state index in [4.69, 9.17) is 16.3 Å². The highest BCUT2D eigenvalue weighted by Gasteiger charge is 2.51. The number of benzene rings is 3. The molecule has 216 valence electrons. The van der Waals surface area contributed by atoms with Crippen LogP contribution in [0.4, 0.5) is 0 Å². The average Bonchev–Trinajstić information content (AvgIpc) is 3.12. The lowest BCUT2D eigenvalue weighted by Crippen LogP contribution is -2.49. The minimum atomic E-state index is -3.41. The highest BCUT2D eigenvalue weighted by atomic mass is 35.5. The number of carbonyl (C=O) groups is 1. The molecule has 1 unspecified atom stereocenters. The quantitative estimate of drug-likeness (QED) is 0.386. The Morgan fingerprint density at radius 1 is 0.951 bits per heavy atom. The van der Waals surface area contributed by atoms with Gasteiger partial charge in [-0.2, -0.15) is 0 Å². The van der Waals surface area contributed by atoms with Crippen LogP contribution >= 0.6 is 11.6 Å². The third-order valence-electron chi connectivity index (χ3n) is 7.61. The van der Waals surface area contributed by atoms with E-state index in [1.165, 1.54) is 6.07 Å². The monoisotopic (exact) mass is 615 g/mol. The molecule has 1 atom stereocenters. The van der Waals surface area contributed by atoms with Crippen molar-refractivity contribution in [3.05, 3.63) is 88.1 Å². The van der Waals surface area contributed by atoms with Gasteiger partial charge in [-0.25, -0.2) is 21.6 Å². The molecule has 11 heteroatoms. The predicted octanol–water partition coefficient (Wildman–Crippen LogP) is 4.98. The van der Waals surface area contributed by atoms with Gasteiger partial charge in [-0.1, -0.05) is 35.9 Å². The van der Waals surface area contributed by atoms with Crippen LogP contribution in [0.3, 0.4) is 0 Å². The van der Waals surface area contributed by atoms with E-state index in [0.29, 0.717) is 46.7 Å². The summed E-state index contributed by atoms with van der Waals surface area (Å²) in [5.74, 6) is -0.765. The summed E-state index contributed by atoms with van der Waals surface area (Å²) >= 11 is 6.65. The Labute approximate surface area is 245 Å². The van der Waals surface area contributed by atoms with Crippen LogP contribution in [0.5, 0.6) is 0 Å². The van der Waals surface area contributed by atoms with Crippen molar-refractivity contribution < 1.29 is 31.5 Å². The number of sulfone groups is 2. The minimum absolute atomic E-state index is 0.0696. The van der Waals surface area contributed by atoms with Crippen LogP contribution in [0.1, 0.15) is 29.5 Å². The molecule has 2 heterocycles. The van der Waals surface area contributed by atoms with Gasteiger partial charge in [0.25, 0.3) is 0 Å². The van der Waals surface area contributed by atoms with Crippen molar-refractivity contribution in [2.24, 2.45) is 0 Å². The van der Waals surface area contributed by atoms with Crippen molar-refractivity contribution in [1.82, 2.24) is 4.90 Å². The number of aryl methyl sites for hydroxylation is 1. The second kappa shape index (κ2) is 10.6. The smallest absolute Gasteiger partial charge is 0.343 e. The molecule has 1 saturated heterocycles. The van der Waals surface area contributed by atoms with Crippen LogP contribution in [0.25, 0.3) is 16.7 Å². The van der Waals surface area contributed by atoms with Crippen LogP contribution in [0, 0.1) is 6.92 Å². The second-order valence-corrected chi connectivity index (χ2v) is 15.2. The number of carbonyl (C=O) groups excluding carboxylic acids is 1. The summed E-state index contributed by atoms with van der Waals surface area (Å²) in [5.41, 5.74) is 2.11. The molecule has 0 aromatic heterocycles. The maximum atomic E-state index is 13.2. The van der Waals surface area contributed by atoms with Gasteiger partial charge in [0.2, 0.25) is 0 Å². The first-order chi connectivity index (χ1) is 19.2. The number of likely N-dealkylation sites (tertiary alicyclic amines) is 1. The number of piperidine rings is 1. The summed E-state index contributed by atoms with van der Waals surface area (Å²) in [6.07, 6.45) is 3.44. The van der Waals surface area contributed by atoms with Crippen molar-refractivity contribution in [3.8, 4) is 11.1 Å². The van der Waals surface area contributed by atoms with Crippen LogP contribution in [0.15, 0.2) is 76.2 Å². The van der Waals surface area contributed by atoms with Gasteiger partial charge in [-0.3, -0.25) is 4.90 Å². The molecular formula is C30H30ClNO7S2. The first kappa shape index (κ1) is 29.3. The molecular weight excluding hydrogens is 586 g/mol. The van der Waals surface area contributed by atoms with Gasteiger partial charge < -0.3 is 9.84 Å². The molecule has 0 amide bonds. The number of esters is 1. The Bertz CT molecular complexity index is 1800.